The third-order valence-electron chi connectivity index (χ3n) is 3.65. The molecule has 0 fully saturated rings. The zero-order valence-corrected chi connectivity index (χ0v) is 15.2. The van der Waals surface area contributed by atoms with Gasteiger partial charge in [-0.15, -0.1) is 0 Å². The number of hydrogen-bond donors (Lipinski definition) is 1. The number of benzene rings is 2. The molecule has 132 valence electrons. The highest BCUT2D eigenvalue weighted by molar-refractivity contribution is 8.00. The molecule has 6 nitrogen and oxygen atoms in total. The Bertz CT molecular complexity index is 973. The van der Waals surface area contributed by atoms with E-state index in [1.54, 1.807) is 11.9 Å². The standard InChI is InChI=1S/C19H18N4O2S/c1-22-18(24)12-11-17(21-22)19(25)20-14-7-6-10-16(13-14)26-23(2)15-8-4-3-5-9-15/h3-13H,1-2H3,(H,20,25). The van der Waals surface area contributed by atoms with E-state index in [0.29, 0.717) is 5.69 Å². The summed E-state index contributed by atoms with van der Waals surface area (Å²) in [7, 11) is 3.50. The second-order valence-electron chi connectivity index (χ2n) is 5.59. The second kappa shape index (κ2) is 7.88. The van der Waals surface area contributed by atoms with Crippen molar-refractivity contribution in [2.45, 2.75) is 4.90 Å². The molecule has 0 unspecified atom stereocenters. The van der Waals surface area contributed by atoms with E-state index in [9.17, 15) is 9.59 Å². The average molecular weight is 366 g/mol. The molecule has 0 aliphatic carbocycles. The highest BCUT2D eigenvalue weighted by atomic mass is 32.2. The zero-order valence-electron chi connectivity index (χ0n) is 14.4. The number of carbonyl (C=O) groups is 1. The number of aromatic nitrogens is 2. The SMILES string of the molecule is CN(Sc1cccc(NC(=O)c2ccc(=O)n(C)n2)c1)c1ccccc1. The van der Waals surface area contributed by atoms with Gasteiger partial charge >= 0.3 is 0 Å². The van der Waals surface area contributed by atoms with E-state index < -0.39 is 0 Å². The number of aryl methyl sites for hydroxylation is 1. The summed E-state index contributed by atoms with van der Waals surface area (Å²) in [5, 5.41) is 6.77. The quantitative estimate of drug-likeness (QED) is 0.703. The van der Waals surface area contributed by atoms with Gasteiger partial charge in [0.2, 0.25) is 0 Å². The maximum Gasteiger partial charge on any atom is 0.276 e. The van der Waals surface area contributed by atoms with Crippen LogP contribution in [0.25, 0.3) is 0 Å². The first-order valence-corrected chi connectivity index (χ1v) is 8.73. The number of amides is 1. The van der Waals surface area contributed by atoms with E-state index in [-0.39, 0.29) is 17.2 Å². The van der Waals surface area contributed by atoms with Gasteiger partial charge in [-0.25, -0.2) is 4.68 Å². The number of nitrogens with zero attached hydrogens (tertiary/aromatic N) is 3. The summed E-state index contributed by atoms with van der Waals surface area (Å²) in [6.45, 7) is 0. The first-order valence-electron chi connectivity index (χ1n) is 7.95. The van der Waals surface area contributed by atoms with E-state index in [2.05, 4.69) is 14.7 Å². The van der Waals surface area contributed by atoms with Crippen LogP contribution >= 0.6 is 11.9 Å². The van der Waals surface area contributed by atoms with Crippen LogP contribution in [0.5, 0.6) is 0 Å². The van der Waals surface area contributed by atoms with Gasteiger partial charge in [0, 0.05) is 36.4 Å². The highest BCUT2D eigenvalue weighted by Gasteiger charge is 2.10. The van der Waals surface area contributed by atoms with Crippen LogP contribution in [0.3, 0.4) is 0 Å². The molecule has 26 heavy (non-hydrogen) atoms. The van der Waals surface area contributed by atoms with Crippen LogP contribution in [0, 0.1) is 0 Å². The molecule has 1 amide bonds. The number of nitrogens with one attached hydrogen (secondary N) is 1. The molecule has 2 aromatic carbocycles. The van der Waals surface area contributed by atoms with Gasteiger partial charge in [-0.05, 0) is 48.3 Å². The third-order valence-corrected chi connectivity index (χ3v) is 4.60. The molecule has 1 heterocycles. The van der Waals surface area contributed by atoms with Crippen molar-refractivity contribution in [2.24, 2.45) is 7.05 Å². The lowest BCUT2D eigenvalue weighted by Gasteiger charge is -2.18. The van der Waals surface area contributed by atoms with Crippen molar-refractivity contribution in [3.63, 3.8) is 0 Å². The van der Waals surface area contributed by atoms with Crippen LogP contribution in [0.15, 0.2) is 76.4 Å². The number of para-hydroxylation sites is 1. The molecule has 7 heteroatoms. The average Bonchev–Trinajstić information content (AvgIpc) is 2.65. The van der Waals surface area contributed by atoms with E-state index in [0.717, 1.165) is 15.3 Å². The van der Waals surface area contributed by atoms with Crippen molar-refractivity contribution in [1.82, 2.24) is 9.78 Å². The summed E-state index contributed by atoms with van der Waals surface area (Å²) in [5.74, 6) is -0.362. The van der Waals surface area contributed by atoms with Crippen LogP contribution in [-0.2, 0) is 7.05 Å². The van der Waals surface area contributed by atoms with Crippen molar-refractivity contribution in [2.75, 3.05) is 16.7 Å². The number of rotatable bonds is 5. The minimum absolute atomic E-state index is 0.187. The molecule has 0 spiro atoms. The molecule has 0 aliphatic heterocycles. The molecule has 0 radical (unpaired) electrons. The van der Waals surface area contributed by atoms with E-state index in [1.165, 1.54) is 19.2 Å². The second-order valence-corrected chi connectivity index (χ2v) is 6.79. The van der Waals surface area contributed by atoms with Crippen molar-refractivity contribution >= 4 is 29.2 Å². The largest absolute Gasteiger partial charge is 0.321 e. The molecule has 3 aromatic rings. The lowest BCUT2D eigenvalue weighted by Crippen LogP contribution is -2.23. The van der Waals surface area contributed by atoms with Crippen molar-refractivity contribution in [3.8, 4) is 0 Å². The van der Waals surface area contributed by atoms with Gasteiger partial charge in [-0.1, -0.05) is 24.3 Å². The minimum atomic E-state index is -0.362. The number of anilines is 2. The van der Waals surface area contributed by atoms with E-state index in [1.807, 2.05) is 61.6 Å². The predicted octanol–water partition coefficient (Wildman–Crippen LogP) is 3.18. The lowest BCUT2D eigenvalue weighted by atomic mass is 10.3. The number of hydrogen-bond acceptors (Lipinski definition) is 5. The predicted molar refractivity (Wildman–Crippen MR) is 105 cm³/mol. The molecule has 0 saturated heterocycles. The first kappa shape index (κ1) is 17.8. The molecule has 1 N–H and O–H groups in total. The smallest absolute Gasteiger partial charge is 0.276 e. The van der Waals surface area contributed by atoms with Gasteiger partial charge in [-0.3, -0.25) is 9.59 Å². The van der Waals surface area contributed by atoms with Gasteiger partial charge in [0.15, 0.2) is 0 Å². The van der Waals surface area contributed by atoms with Gasteiger partial charge in [0.1, 0.15) is 5.69 Å². The molecule has 1 aromatic heterocycles. The summed E-state index contributed by atoms with van der Waals surface area (Å²) in [6, 6.07) is 20.3. The van der Waals surface area contributed by atoms with Crippen molar-refractivity contribution in [3.05, 3.63) is 82.8 Å². The fourth-order valence-corrected chi connectivity index (χ4v) is 3.16. The normalized spacial score (nSPS) is 10.4. The fourth-order valence-electron chi connectivity index (χ4n) is 2.30. The summed E-state index contributed by atoms with van der Waals surface area (Å²) in [5.41, 5.74) is 1.67. The minimum Gasteiger partial charge on any atom is -0.321 e. The summed E-state index contributed by atoms with van der Waals surface area (Å²) < 4.78 is 3.19. The Morgan fingerprint density at radius 3 is 2.58 bits per heavy atom. The molecule has 3 rings (SSSR count). The molecular formula is C19H18N4O2S. The Labute approximate surface area is 155 Å². The van der Waals surface area contributed by atoms with Gasteiger partial charge in [0.05, 0.1) is 0 Å². The van der Waals surface area contributed by atoms with Crippen molar-refractivity contribution < 1.29 is 4.79 Å². The number of carbonyl (C=O) groups excluding carboxylic acids is 1. The van der Waals surface area contributed by atoms with E-state index in [4.69, 9.17) is 0 Å². The van der Waals surface area contributed by atoms with Gasteiger partial charge < -0.3 is 9.62 Å². The summed E-state index contributed by atoms with van der Waals surface area (Å²) in [6.07, 6.45) is 0. The molecule has 0 atom stereocenters. The molecule has 0 bridgehead atoms. The zero-order chi connectivity index (χ0) is 18.5. The monoisotopic (exact) mass is 366 g/mol. The fraction of sp³-hybridized carbons (Fsp3) is 0.105. The maximum atomic E-state index is 12.3. The van der Waals surface area contributed by atoms with Crippen LogP contribution in [-0.4, -0.2) is 22.7 Å². The highest BCUT2D eigenvalue weighted by Crippen LogP contribution is 2.28. The van der Waals surface area contributed by atoms with Gasteiger partial charge in [0.25, 0.3) is 11.5 Å². The van der Waals surface area contributed by atoms with Crippen LogP contribution < -0.4 is 15.2 Å². The Kier molecular flexibility index (Phi) is 5.38. The maximum absolute atomic E-state index is 12.3. The van der Waals surface area contributed by atoms with Crippen LogP contribution in [0.1, 0.15) is 10.5 Å². The van der Waals surface area contributed by atoms with Crippen LogP contribution in [0.4, 0.5) is 11.4 Å². The third kappa shape index (κ3) is 4.31. The molecule has 0 saturated carbocycles. The van der Waals surface area contributed by atoms with Gasteiger partial charge in [-0.2, -0.15) is 5.10 Å². The lowest BCUT2D eigenvalue weighted by molar-refractivity contribution is 0.102. The van der Waals surface area contributed by atoms with Crippen molar-refractivity contribution in [1.29, 1.82) is 0 Å². The van der Waals surface area contributed by atoms with E-state index >= 15 is 0 Å². The topological polar surface area (TPSA) is 67.2 Å². The Hall–Kier alpha value is -3.06. The summed E-state index contributed by atoms with van der Waals surface area (Å²) in [4.78, 5) is 24.7. The first-order chi connectivity index (χ1) is 12.5. The van der Waals surface area contributed by atoms with Crippen LogP contribution in [0.2, 0.25) is 0 Å². The summed E-state index contributed by atoms with van der Waals surface area (Å²) >= 11 is 1.56. The molecular weight excluding hydrogens is 348 g/mol. The Morgan fingerprint density at radius 2 is 1.85 bits per heavy atom. The molecule has 0 aliphatic rings. The Morgan fingerprint density at radius 1 is 1.08 bits per heavy atom. The Balaban J connectivity index is 1.71.